The van der Waals surface area contributed by atoms with Crippen LogP contribution in [0.2, 0.25) is 0 Å². The maximum Gasteiger partial charge on any atom is 0.307 e. The van der Waals surface area contributed by atoms with Gasteiger partial charge in [0.1, 0.15) is 11.5 Å². The standard InChI is InChI=1S/C33H33NO5/c1-38-28-18-19-31(39-2)30(22-28)33(37)34(20-8-11-24-9-4-3-5-10-24)23-25-14-16-26(17-15-25)29-13-7-6-12-27(29)21-32(35)36/h3-7,9-10,12-19,22H,8,11,20-21,23H2,1-2H3,(H,35,36). The number of ether oxygens (including phenoxy) is 2. The van der Waals surface area contributed by atoms with Crippen LogP contribution in [0.1, 0.15) is 33.5 Å². The number of aryl methyl sites for hydroxylation is 1. The van der Waals surface area contributed by atoms with Crippen molar-refractivity contribution in [2.24, 2.45) is 0 Å². The summed E-state index contributed by atoms with van der Waals surface area (Å²) in [5, 5.41) is 9.29. The molecule has 39 heavy (non-hydrogen) atoms. The molecule has 200 valence electrons. The van der Waals surface area contributed by atoms with Crippen molar-refractivity contribution in [2.75, 3.05) is 20.8 Å². The van der Waals surface area contributed by atoms with E-state index in [0.717, 1.165) is 35.1 Å². The maximum absolute atomic E-state index is 13.8. The number of hydrogen-bond acceptors (Lipinski definition) is 4. The lowest BCUT2D eigenvalue weighted by Crippen LogP contribution is -2.32. The first kappa shape index (κ1) is 27.5. The Bertz CT molecular complexity index is 1400. The second-order valence-electron chi connectivity index (χ2n) is 9.31. The number of carboxylic acid groups (broad SMARTS) is 1. The molecule has 0 heterocycles. The van der Waals surface area contributed by atoms with Crippen LogP contribution < -0.4 is 9.47 Å². The highest BCUT2D eigenvalue weighted by Crippen LogP contribution is 2.28. The van der Waals surface area contributed by atoms with E-state index >= 15 is 0 Å². The zero-order valence-electron chi connectivity index (χ0n) is 22.3. The van der Waals surface area contributed by atoms with Crippen molar-refractivity contribution in [3.8, 4) is 22.6 Å². The van der Waals surface area contributed by atoms with Gasteiger partial charge in [-0.25, -0.2) is 0 Å². The zero-order valence-corrected chi connectivity index (χ0v) is 22.3. The smallest absolute Gasteiger partial charge is 0.307 e. The molecule has 0 aliphatic heterocycles. The van der Waals surface area contributed by atoms with E-state index in [4.69, 9.17) is 9.47 Å². The molecule has 4 rings (SSSR count). The number of benzene rings is 4. The van der Waals surface area contributed by atoms with Crippen LogP contribution in [0, 0.1) is 0 Å². The Hall–Kier alpha value is -4.58. The third-order valence-corrected chi connectivity index (χ3v) is 6.66. The fourth-order valence-corrected chi connectivity index (χ4v) is 4.65. The van der Waals surface area contributed by atoms with E-state index in [2.05, 4.69) is 12.1 Å². The number of carbonyl (C=O) groups excluding carboxylic acids is 1. The monoisotopic (exact) mass is 523 g/mol. The van der Waals surface area contributed by atoms with Gasteiger partial charge >= 0.3 is 5.97 Å². The van der Waals surface area contributed by atoms with Gasteiger partial charge in [-0.3, -0.25) is 9.59 Å². The van der Waals surface area contributed by atoms with E-state index in [1.54, 1.807) is 32.4 Å². The van der Waals surface area contributed by atoms with Gasteiger partial charge in [0, 0.05) is 13.1 Å². The van der Waals surface area contributed by atoms with Crippen molar-refractivity contribution in [3.63, 3.8) is 0 Å². The molecule has 0 saturated carbocycles. The van der Waals surface area contributed by atoms with Crippen LogP contribution in [0.4, 0.5) is 0 Å². The summed E-state index contributed by atoms with van der Waals surface area (Å²) < 4.78 is 10.9. The zero-order chi connectivity index (χ0) is 27.6. The van der Waals surface area contributed by atoms with Crippen molar-refractivity contribution in [1.82, 2.24) is 4.90 Å². The SMILES string of the molecule is COc1ccc(OC)c(C(=O)N(CCCc2ccccc2)Cc2ccc(-c3ccccc3CC(=O)O)cc2)c1. The van der Waals surface area contributed by atoms with E-state index in [1.807, 2.05) is 71.6 Å². The summed E-state index contributed by atoms with van der Waals surface area (Å²) in [6.07, 6.45) is 1.63. The first-order chi connectivity index (χ1) is 19.0. The predicted octanol–water partition coefficient (Wildman–Crippen LogP) is 6.27. The molecule has 4 aromatic rings. The molecule has 0 aliphatic carbocycles. The van der Waals surface area contributed by atoms with Crippen molar-refractivity contribution in [2.45, 2.75) is 25.8 Å². The van der Waals surface area contributed by atoms with Crippen molar-refractivity contribution in [3.05, 3.63) is 119 Å². The number of aliphatic carboxylic acids is 1. The highest BCUT2D eigenvalue weighted by molar-refractivity contribution is 5.97. The van der Waals surface area contributed by atoms with Gasteiger partial charge in [-0.05, 0) is 58.9 Å². The van der Waals surface area contributed by atoms with Gasteiger partial charge in [-0.2, -0.15) is 0 Å². The largest absolute Gasteiger partial charge is 0.497 e. The second-order valence-corrected chi connectivity index (χ2v) is 9.31. The topological polar surface area (TPSA) is 76.1 Å². The molecule has 0 fully saturated rings. The van der Waals surface area contributed by atoms with Crippen molar-refractivity contribution >= 4 is 11.9 Å². The number of rotatable bonds is 12. The van der Waals surface area contributed by atoms with Gasteiger partial charge in [-0.1, -0.05) is 78.9 Å². The van der Waals surface area contributed by atoms with Crippen LogP contribution in [-0.4, -0.2) is 42.6 Å². The Balaban J connectivity index is 1.57. The van der Waals surface area contributed by atoms with E-state index in [0.29, 0.717) is 30.2 Å². The summed E-state index contributed by atoms with van der Waals surface area (Å²) in [5.41, 5.74) is 5.25. The molecule has 1 amide bonds. The number of methoxy groups -OCH3 is 2. The lowest BCUT2D eigenvalue weighted by Gasteiger charge is -2.24. The normalized spacial score (nSPS) is 10.6. The minimum atomic E-state index is -0.864. The fraction of sp³-hybridized carbons (Fsp3) is 0.212. The highest BCUT2D eigenvalue weighted by Gasteiger charge is 2.21. The van der Waals surface area contributed by atoms with Gasteiger partial charge in [0.05, 0.1) is 26.2 Å². The summed E-state index contributed by atoms with van der Waals surface area (Å²) in [6, 6.07) is 30.9. The molecule has 0 atom stereocenters. The molecule has 0 bridgehead atoms. The van der Waals surface area contributed by atoms with Gasteiger partial charge in [0.15, 0.2) is 0 Å². The minimum absolute atomic E-state index is 0.0377. The Kier molecular flexibility index (Phi) is 9.35. The molecule has 0 radical (unpaired) electrons. The molecule has 6 heteroatoms. The average molecular weight is 524 g/mol. The lowest BCUT2D eigenvalue weighted by molar-refractivity contribution is -0.136. The molecule has 0 aliphatic rings. The Morgan fingerprint density at radius 3 is 2.21 bits per heavy atom. The maximum atomic E-state index is 13.8. The predicted molar refractivity (Wildman–Crippen MR) is 152 cm³/mol. The number of nitrogens with zero attached hydrogens (tertiary/aromatic N) is 1. The third-order valence-electron chi connectivity index (χ3n) is 6.66. The highest BCUT2D eigenvalue weighted by atomic mass is 16.5. The van der Waals surface area contributed by atoms with Gasteiger partial charge < -0.3 is 19.5 Å². The Labute approximate surface area is 229 Å². The summed E-state index contributed by atoms with van der Waals surface area (Å²) in [7, 11) is 3.13. The Morgan fingerprint density at radius 1 is 0.795 bits per heavy atom. The van der Waals surface area contributed by atoms with Crippen molar-refractivity contribution in [1.29, 1.82) is 0 Å². The lowest BCUT2D eigenvalue weighted by atomic mass is 9.97. The number of carboxylic acids is 1. The third kappa shape index (κ3) is 7.26. The first-order valence-corrected chi connectivity index (χ1v) is 12.9. The van der Waals surface area contributed by atoms with E-state index in [-0.39, 0.29) is 12.3 Å². The minimum Gasteiger partial charge on any atom is -0.497 e. The summed E-state index contributed by atoms with van der Waals surface area (Å²) >= 11 is 0. The van der Waals surface area contributed by atoms with Gasteiger partial charge in [0.25, 0.3) is 5.91 Å². The van der Waals surface area contributed by atoms with E-state index < -0.39 is 5.97 Å². The van der Waals surface area contributed by atoms with Crippen LogP contribution in [0.15, 0.2) is 97.1 Å². The molecule has 0 unspecified atom stereocenters. The summed E-state index contributed by atoms with van der Waals surface area (Å²) in [4.78, 5) is 27.0. The number of amides is 1. The molecule has 1 N–H and O–H groups in total. The average Bonchev–Trinajstić information content (AvgIpc) is 2.97. The number of carbonyl (C=O) groups is 2. The van der Waals surface area contributed by atoms with Gasteiger partial charge in [-0.15, -0.1) is 0 Å². The molecular formula is C33H33NO5. The molecule has 0 spiro atoms. The molecule has 0 aromatic heterocycles. The fourth-order valence-electron chi connectivity index (χ4n) is 4.65. The Morgan fingerprint density at radius 2 is 1.51 bits per heavy atom. The van der Waals surface area contributed by atoms with E-state index in [9.17, 15) is 14.7 Å². The van der Waals surface area contributed by atoms with E-state index in [1.165, 1.54) is 5.56 Å². The quantitative estimate of drug-likeness (QED) is 0.237. The second kappa shape index (κ2) is 13.3. The number of hydrogen-bond donors (Lipinski definition) is 1. The van der Waals surface area contributed by atoms with Crippen LogP contribution >= 0.6 is 0 Å². The van der Waals surface area contributed by atoms with Gasteiger partial charge in [0.2, 0.25) is 0 Å². The first-order valence-electron chi connectivity index (χ1n) is 12.9. The van der Waals surface area contributed by atoms with Crippen LogP contribution in [0.5, 0.6) is 11.5 Å². The molecule has 4 aromatic carbocycles. The molecule has 0 saturated heterocycles. The van der Waals surface area contributed by atoms with Crippen LogP contribution in [0.3, 0.4) is 0 Å². The van der Waals surface area contributed by atoms with Crippen LogP contribution in [-0.2, 0) is 24.2 Å². The summed E-state index contributed by atoms with van der Waals surface area (Å²) in [5.74, 6) is 0.0957. The summed E-state index contributed by atoms with van der Waals surface area (Å²) in [6.45, 7) is 0.988. The molecule has 6 nitrogen and oxygen atoms in total. The molecular weight excluding hydrogens is 490 g/mol. The van der Waals surface area contributed by atoms with Crippen LogP contribution in [0.25, 0.3) is 11.1 Å². The van der Waals surface area contributed by atoms with Crippen molar-refractivity contribution < 1.29 is 24.2 Å².